The van der Waals surface area contributed by atoms with Crippen molar-refractivity contribution in [1.29, 1.82) is 0 Å². The van der Waals surface area contributed by atoms with Crippen molar-refractivity contribution in [2.45, 2.75) is 38.5 Å². The van der Waals surface area contributed by atoms with Crippen LogP contribution in [0.4, 0.5) is 4.39 Å². The molecule has 4 nitrogen and oxygen atoms in total. The van der Waals surface area contributed by atoms with Gasteiger partial charge in [0.05, 0.1) is 17.3 Å². The average Bonchev–Trinajstić information content (AvgIpc) is 2.86. The molecule has 1 aromatic heterocycles. The molecule has 1 aliphatic rings. The van der Waals surface area contributed by atoms with Crippen LogP contribution in [0.2, 0.25) is 0 Å². The van der Waals surface area contributed by atoms with Gasteiger partial charge in [0.25, 0.3) is 0 Å². The van der Waals surface area contributed by atoms with Gasteiger partial charge in [0.15, 0.2) is 11.6 Å². The Labute approximate surface area is 139 Å². The van der Waals surface area contributed by atoms with Crippen LogP contribution in [0, 0.1) is 12.7 Å². The summed E-state index contributed by atoms with van der Waals surface area (Å²) in [5.74, 6) is -0.176. The second-order valence-corrected chi connectivity index (χ2v) is 6.81. The van der Waals surface area contributed by atoms with E-state index in [1.807, 2.05) is 12.4 Å². The van der Waals surface area contributed by atoms with Crippen molar-refractivity contribution in [3.63, 3.8) is 0 Å². The highest BCUT2D eigenvalue weighted by Gasteiger charge is 2.27. The summed E-state index contributed by atoms with van der Waals surface area (Å²) in [6, 6.07) is 6.34. The molecule has 124 valence electrons. The quantitative estimate of drug-likeness (QED) is 0.932. The Morgan fingerprint density at radius 3 is 2.87 bits per heavy atom. The predicted octanol–water partition coefficient (Wildman–Crippen LogP) is 2.99. The standard InChI is InChI=1S/C17H21FN2O2S/c1-12-17(23-11-19-12)10-20-8-6-14(21)16(7-9-20)22-15-5-3-2-4-13(15)18/h2-5,11,14,16,21H,6-10H2,1H3/t14-,16-/m0/s1. The van der Waals surface area contributed by atoms with Gasteiger partial charge in [-0.3, -0.25) is 4.90 Å². The van der Waals surface area contributed by atoms with E-state index in [0.29, 0.717) is 12.8 Å². The third kappa shape index (κ3) is 4.07. The van der Waals surface area contributed by atoms with Gasteiger partial charge >= 0.3 is 0 Å². The molecular formula is C17H21FN2O2S. The van der Waals surface area contributed by atoms with Gasteiger partial charge in [-0.05, 0) is 31.9 Å². The number of hydrogen-bond acceptors (Lipinski definition) is 5. The number of aliphatic hydroxyl groups is 1. The van der Waals surface area contributed by atoms with E-state index in [1.54, 1.807) is 29.5 Å². The molecule has 1 fully saturated rings. The third-order valence-electron chi connectivity index (χ3n) is 4.23. The zero-order chi connectivity index (χ0) is 16.2. The van der Waals surface area contributed by atoms with Crippen molar-refractivity contribution in [2.75, 3.05) is 13.1 Å². The number of aryl methyl sites for hydroxylation is 1. The summed E-state index contributed by atoms with van der Waals surface area (Å²) in [4.78, 5) is 7.83. The maximum atomic E-state index is 13.7. The number of aromatic nitrogens is 1. The average molecular weight is 336 g/mol. The first-order valence-electron chi connectivity index (χ1n) is 7.84. The van der Waals surface area contributed by atoms with Gasteiger partial charge in [-0.2, -0.15) is 0 Å². The number of nitrogens with zero attached hydrogens (tertiary/aromatic N) is 2. The second kappa shape index (κ2) is 7.38. The molecular weight excluding hydrogens is 315 g/mol. The molecule has 0 amide bonds. The fraction of sp³-hybridized carbons (Fsp3) is 0.471. The molecule has 2 atom stereocenters. The van der Waals surface area contributed by atoms with Gasteiger partial charge in [-0.1, -0.05) is 12.1 Å². The first-order chi connectivity index (χ1) is 11.1. The molecule has 1 aromatic carbocycles. The highest BCUT2D eigenvalue weighted by atomic mass is 32.1. The fourth-order valence-corrected chi connectivity index (χ4v) is 3.61. The molecule has 0 unspecified atom stereocenters. The number of aliphatic hydroxyl groups excluding tert-OH is 1. The van der Waals surface area contributed by atoms with Gasteiger partial charge < -0.3 is 9.84 Å². The van der Waals surface area contributed by atoms with E-state index in [1.165, 1.54) is 10.9 Å². The Bertz CT molecular complexity index is 649. The smallest absolute Gasteiger partial charge is 0.165 e. The summed E-state index contributed by atoms with van der Waals surface area (Å²) in [7, 11) is 0. The number of likely N-dealkylation sites (tertiary alicyclic amines) is 1. The Morgan fingerprint density at radius 2 is 2.13 bits per heavy atom. The first-order valence-corrected chi connectivity index (χ1v) is 8.72. The fourth-order valence-electron chi connectivity index (χ4n) is 2.79. The van der Waals surface area contributed by atoms with Crippen LogP contribution in [-0.2, 0) is 6.54 Å². The molecule has 1 N–H and O–H groups in total. The number of ether oxygens (including phenoxy) is 1. The van der Waals surface area contributed by atoms with Gasteiger partial charge in [0, 0.05) is 24.5 Å². The summed E-state index contributed by atoms with van der Waals surface area (Å²) >= 11 is 1.66. The molecule has 0 bridgehead atoms. The molecule has 0 radical (unpaired) electrons. The molecule has 6 heteroatoms. The van der Waals surface area contributed by atoms with Crippen molar-refractivity contribution in [1.82, 2.24) is 9.88 Å². The number of hydrogen-bond donors (Lipinski definition) is 1. The zero-order valence-electron chi connectivity index (χ0n) is 13.1. The first kappa shape index (κ1) is 16.4. The summed E-state index contributed by atoms with van der Waals surface area (Å²) in [6.07, 6.45) is 0.339. The summed E-state index contributed by atoms with van der Waals surface area (Å²) in [5.41, 5.74) is 2.93. The van der Waals surface area contributed by atoms with E-state index < -0.39 is 6.10 Å². The number of rotatable bonds is 4. The largest absolute Gasteiger partial charge is 0.485 e. The highest BCUT2D eigenvalue weighted by Crippen LogP contribution is 2.23. The number of halogens is 1. The van der Waals surface area contributed by atoms with Crippen LogP contribution in [0.1, 0.15) is 23.4 Å². The molecule has 23 heavy (non-hydrogen) atoms. The highest BCUT2D eigenvalue weighted by molar-refractivity contribution is 7.09. The predicted molar refractivity (Wildman–Crippen MR) is 88.2 cm³/mol. The van der Waals surface area contributed by atoms with E-state index in [0.717, 1.165) is 25.3 Å². The van der Waals surface area contributed by atoms with Crippen LogP contribution in [0.15, 0.2) is 29.8 Å². The van der Waals surface area contributed by atoms with Gasteiger partial charge in [-0.25, -0.2) is 9.37 Å². The van der Waals surface area contributed by atoms with Crippen molar-refractivity contribution in [2.24, 2.45) is 0 Å². The second-order valence-electron chi connectivity index (χ2n) is 5.87. The molecule has 1 aliphatic heterocycles. The van der Waals surface area contributed by atoms with Crippen LogP contribution in [0.25, 0.3) is 0 Å². The monoisotopic (exact) mass is 336 g/mol. The van der Waals surface area contributed by atoms with Crippen molar-refractivity contribution >= 4 is 11.3 Å². The Morgan fingerprint density at radius 1 is 1.35 bits per heavy atom. The van der Waals surface area contributed by atoms with Crippen molar-refractivity contribution in [3.8, 4) is 5.75 Å². The molecule has 2 heterocycles. The number of para-hydroxylation sites is 1. The molecule has 0 aliphatic carbocycles. The number of benzene rings is 1. The topological polar surface area (TPSA) is 45.6 Å². The van der Waals surface area contributed by atoms with Crippen LogP contribution < -0.4 is 4.74 Å². The number of thiazole rings is 1. The molecule has 0 spiro atoms. The van der Waals surface area contributed by atoms with Gasteiger partial charge in [0.1, 0.15) is 6.10 Å². The summed E-state index contributed by atoms with van der Waals surface area (Å²) in [6.45, 7) is 4.47. The Hall–Kier alpha value is -1.50. The summed E-state index contributed by atoms with van der Waals surface area (Å²) < 4.78 is 19.4. The molecule has 0 saturated carbocycles. The van der Waals surface area contributed by atoms with Crippen molar-refractivity contribution < 1.29 is 14.2 Å². The maximum absolute atomic E-state index is 13.7. The van der Waals surface area contributed by atoms with E-state index in [-0.39, 0.29) is 17.7 Å². The lowest BCUT2D eigenvalue weighted by Crippen LogP contribution is -2.31. The van der Waals surface area contributed by atoms with Gasteiger partial charge in [0.2, 0.25) is 0 Å². The Kier molecular flexibility index (Phi) is 5.25. The minimum Gasteiger partial charge on any atom is -0.485 e. The van der Waals surface area contributed by atoms with Crippen LogP contribution >= 0.6 is 11.3 Å². The molecule has 1 saturated heterocycles. The normalized spacial score (nSPS) is 22.7. The van der Waals surface area contributed by atoms with E-state index in [4.69, 9.17) is 4.74 Å². The van der Waals surface area contributed by atoms with Crippen LogP contribution in [0.3, 0.4) is 0 Å². The van der Waals surface area contributed by atoms with E-state index in [2.05, 4.69) is 9.88 Å². The SMILES string of the molecule is Cc1ncsc1CN1CC[C@H](Oc2ccccc2F)[C@@H](O)CC1. The van der Waals surface area contributed by atoms with Crippen LogP contribution in [0.5, 0.6) is 5.75 Å². The van der Waals surface area contributed by atoms with E-state index >= 15 is 0 Å². The minimum atomic E-state index is -0.581. The maximum Gasteiger partial charge on any atom is 0.165 e. The zero-order valence-corrected chi connectivity index (χ0v) is 13.9. The van der Waals surface area contributed by atoms with Crippen LogP contribution in [-0.4, -0.2) is 40.3 Å². The molecule has 2 aromatic rings. The Balaban J connectivity index is 1.62. The van der Waals surface area contributed by atoms with Gasteiger partial charge in [-0.15, -0.1) is 11.3 Å². The lowest BCUT2D eigenvalue weighted by atomic mass is 10.1. The molecule has 3 rings (SSSR count). The third-order valence-corrected chi connectivity index (χ3v) is 5.15. The minimum absolute atomic E-state index is 0.211. The van der Waals surface area contributed by atoms with Crippen molar-refractivity contribution in [3.05, 3.63) is 46.2 Å². The van der Waals surface area contributed by atoms with E-state index in [9.17, 15) is 9.50 Å². The summed E-state index contributed by atoms with van der Waals surface area (Å²) in [5, 5.41) is 10.3. The lowest BCUT2D eigenvalue weighted by Gasteiger charge is -2.22. The lowest BCUT2D eigenvalue weighted by molar-refractivity contribution is 0.0328.